The molecule has 3 N–H and O–H groups in total. The smallest absolute Gasteiger partial charge is 0.273 e. The minimum atomic E-state index is -0.173. The van der Waals surface area contributed by atoms with E-state index in [4.69, 9.17) is 15.7 Å². The van der Waals surface area contributed by atoms with E-state index in [9.17, 15) is 4.79 Å². The molecular weight excluding hydrogens is 440 g/mol. The van der Waals surface area contributed by atoms with Gasteiger partial charge in [-0.25, -0.2) is 9.97 Å². The van der Waals surface area contributed by atoms with Crippen molar-refractivity contribution in [2.45, 2.75) is 40.8 Å². The maximum Gasteiger partial charge on any atom is 0.273 e. The number of anilines is 1. The average molecular weight is 469 g/mol. The van der Waals surface area contributed by atoms with E-state index in [1.165, 1.54) is 0 Å². The minimum Gasteiger partial charge on any atom is -0.382 e. The molecule has 0 atom stereocenters. The van der Waals surface area contributed by atoms with Crippen molar-refractivity contribution in [1.82, 2.24) is 34.8 Å². The molecule has 0 radical (unpaired) electrons. The standard InChI is InChI=1S/C26H28N8O/c1-6-34-16(4)18(12-28-34)13-33(5)26(35)23-19-9-14(2)7-8-21(19)29-25(30-23)17-10-15(3)22-20(11-17)24(27)32-31-22/h7-12H,6,13H2,1-5H3,(H3,27,31,32). The van der Waals surface area contributed by atoms with Crippen molar-refractivity contribution >= 4 is 33.5 Å². The molecule has 0 bridgehead atoms. The summed E-state index contributed by atoms with van der Waals surface area (Å²) in [7, 11) is 1.79. The summed E-state index contributed by atoms with van der Waals surface area (Å²) >= 11 is 0. The van der Waals surface area contributed by atoms with Crippen LogP contribution in [-0.2, 0) is 13.1 Å². The second kappa shape index (κ2) is 8.50. The zero-order valence-electron chi connectivity index (χ0n) is 20.5. The van der Waals surface area contributed by atoms with E-state index in [1.54, 1.807) is 11.9 Å². The summed E-state index contributed by atoms with van der Waals surface area (Å²) in [6.07, 6.45) is 1.82. The summed E-state index contributed by atoms with van der Waals surface area (Å²) in [5, 5.41) is 13.0. The quantitative estimate of drug-likeness (QED) is 0.400. The predicted octanol–water partition coefficient (Wildman–Crippen LogP) is 4.17. The van der Waals surface area contributed by atoms with Gasteiger partial charge in [-0.3, -0.25) is 14.6 Å². The maximum atomic E-state index is 13.7. The third-order valence-electron chi connectivity index (χ3n) is 6.47. The number of fused-ring (bicyclic) bond motifs is 2. The van der Waals surface area contributed by atoms with Gasteiger partial charge in [0.05, 0.1) is 17.2 Å². The number of aromatic amines is 1. The largest absolute Gasteiger partial charge is 0.382 e. The van der Waals surface area contributed by atoms with Gasteiger partial charge in [0, 0.05) is 47.7 Å². The lowest BCUT2D eigenvalue weighted by Gasteiger charge is -2.18. The normalized spacial score (nSPS) is 11.5. The Kier molecular flexibility index (Phi) is 5.47. The monoisotopic (exact) mass is 468 g/mol. The van der Waals surface area contributed by atoms with E-state index in [2.05, 4.69) is 15.3 Å². The van der Waals surface area contributed by atoms with Gasteiger partial charge in [0.1, 0.15) is 5.69 Å². The number of amides is 1. The Morgan fingerprint density at radius 2 is 1.91 bits per heavy atom. The van der Waals surface area contributed by atoms with Crippen LogP contribution >= 0.6 is 0 Å². The van der Waals surface area contributed by atoms with E-state index >= 15 is 0 Å². The molecule has 0 unspecified atom stereocenters. The van der Waals surface area contributed by atoms with Crippen LogP contribution < -0.4 is 5.73 Å². The van der Waals surface area contributed by atoms with Crippen molar-refractivity contribution in [3.63, 3.8) is 0 Å². The molecule has 0 saturated carbocycles. The van der Waals surface area contributed by atoms with E-state index in [0.717, 1.165) is 50.8 Å². The second-order valence-electron chi connectivity index (χ2n) is 8.97. The van der Waals surface area contributed by atoms with Crippen LogP contribution in [0.4, 0.5) is 5.82 Å². The van der Waals surface area contributed by atoms with Crippen molar-refractivity contribution in [3.8, 4) is 11.4 Å². The van der Waals surface area contributed by atoms with E-state index in [-0.39, 0.29) is 5.91 Å². The van der Waals surface area contributed by atoms with Gasteiger partial charge in [-0.05, 0) is 57.5 Å². The van der Waals surface area contributed by atoms with Crippen molar-refractivity contribution in [2.75, 3.05) is 12.8 Å². The Labute approximate surface area is 203 Å². The van der Waals surface area contributed by atoms with Crippen molar-refractivity contribution in [3.05, 3.63) is 64.6 Å². The molecule has 178 valence electrons. The summed E-state index contributed by atoms with van der Waals surface area (Å²) in [5.41, 5.74) is 12.9. The minimum absolute atomic E-state index is 0.173. The van der Waals surface area contributed by atoms with Crippen LogP contribution in [0.5, 0.6) is 0 Å². The number of nitrogens with one attached hydrogen (secondary N) is 1. The number of carbonyl (C=O) groups excluding carboxylic acids is 1. The van der Waals surface area contributed by atoms with Gasteiger partial charge in [0.2, 0.25) is 0 Å². The van der Waals surface area contributed by atoms with E-state index < -0.39 is 0 Å². The number of hydrogen-bond acceptors (Lipinski definition) is 6. The predicted molar refractivity (Wildman–Crippen MR) is 137 cm³/mol. The fourth-order valence-electron chi connectivity index (χ4n) is 4.44. The first-order chi connectivity index (χ1) is 16.8. The molecule has 0 fully saturated rings. The zero-order chi connectivity index (χ0) is 24.9. The van der Waals surface area contributed by atoms with Gasteiger partial charge in [-0.2, -0.15) is 10.2 Å². The van der Waals surface area contributed by atoms with Gasteiger partial charge in [0.25, 0.3) is 5.91 Å². The number of aromatic nitrogens is 6. The van der Waals surface area contributed by atoms with E-state index in [1.807, 2.05) is 68.9 Å². The number of carbonyl (C=O) groups is 1. The molecule has 0 aliphatic carbocycles. The highest BCUT2D eigenvalue weighted by Crippen LogP contribution is 2.30. The zero-order valence-corrected chi connectivity index (χ0v) is 20.5. The molecule has 35 heavy (non-hydrogen) atoms. The average Bonchev–Trinajstić information content (AvgIpc) is 3.40. The first-order valence-corrected chi connectivity index (χ1v) is 11.6. The Morgan fingerprint density at radius 1 is 1.11 bits per heavy atom. The molecule has 3 aromatic heterocycles. The number of hydrogen-bond donors (Lipinski definition) is 2. The van der Waals surface area contributed by atoms with Crippen LogP contribution in [0.3, 0.4) is 0 Å². The van der Waals surface area contributed by atoms with Gasteiger partial charge in [-0.15, -0.1) is 0 Å². The number of benzene rings is 2. The van der Waals surface area contributed by atoms with Crippen LogP contribution in [0.15, 0.2) is 36.5 Å². The molecule has 1 amide bonds. The fourth-order valence-corrected chi connectivity index (χ4v) is 4.44. The lowest BCUT2D eigenvalue weighted by atomic mass is 10.0. The molecule has 0 aliphatic rings. The molecule has 2 aromatic carbocycles. The van der Waals surface area contributed by atoms with Crippen molar-refractivity contribution < 1.29 is 4.79 Å². The molecule has 5 aromatic rings. The van der Waals surface area contributed by atoms with Crippen LogP contribution in [-0.4, -0.2) is 47.8 Å². The molecule has 0 saturated heterocycles. The summed E-state index contributed by atoms with van der Waals surface area (Å²) in [4.78, 5) is 25.0. The maximum absolute atomic E-state index is 13.7. The SMILES string of the molecule is CCn1ncc(CN(C)C(=O)c2nc(-c3cc(C)c4[nH]nc(N)c4c3)nc3ccc(C)cc23)c1C. The molecule has 0 aliphatic heterocycles. The van der Waals surface area contributed by atoms with Gasteiger partial charge >= 0.3 is 0 Å². The second-order valence-corrected chi connectivity index (χ2v) is 8.97. The van der Waals surface area contributed by atoms with Crippen LogP contribution in [0.25, 0.3) is 33.2 Å². The summed E-state index contributed by atoms with van der Waals surface area (Å²) < 4.78 is 1.93. The Balaban J connectivity index is 1.61. The number of nitrogens with zero attached hydrogens (tertiary/aromatic N) is 6. The van der Waals surface area contributed by atoms with Crippen LogP contribution in [0.2, 0.25) is 0 Å². The summed E-state index contributed by atoms with van der Waals surface area (Å²) in [5.74, 6) is 0.715. The fraction of sp³-hybridized carbons (Fsp3) is 0.269. The molecule has 0 spiro atoms. The first-order valence-electron chi connectivity index (χ1n) is 11.6. The molecule has 5 rings (SSSR count). The summed E-state index contributed by atoms with van der Waals surface area (Å²) in [6, 6.07) is 9.78. The molecule has 9 nitrogen and oxygen atoms in total. The lowest BCUT2D eigenvalue weighted by molar-refractivity contribution is 0.0781. The van der Waals surface area contributed by atoms with Gasteiger partial charge in [-0.1, -0.05) is 11.6 Å². The summed E-state index contributed by atoms with van der Waals surface area (Å²) in [6.45, 7) is 9.26. The highest BCUT2D eigenvalue weighted by atomic mass is 16.2. The molecule has 3 heterocycles. The number of rotatable bonds is 5. The Hall–Kier alpha value is -4.27. The Morgan fingerprint density at radius 3 is 2.66 bits per heavy atom. The highest BCUT2D eigenvalue weighted by molar-refractivity contribution is 6.05. The van der Waals surface area contributed by atoms with Gasteiger partial charge in [0.15, 0.2) is 11.6 Å². The van der Waals surface area contributed by atoms with Crippen molar-refractivity contribution in [2.24, 2.45) is 0 Å². The van der Waals surface area contributed by atoms with Crippen molar-refractivity contribution in [1.29, 1.82) is 0 Å². The highest BCUT2D eigenvalue weighted by Gasteiger charge is 2.21. The lowest BCUT2D eigenvalue weighted by Crippen LogP contribution is -2.28. The first kappa shape index (κ1) is 22.5. The third-order valence-corrected chi connectivity index (χ3v) is 6.47. The third kappa shape index (κ3) is 3.88. The van der Waals surface area contributed by atoms with Gasteiger partial charge < -0.3 is 10.6 Å². The molecule has 9 heteroatoms. The van der Waals surface area contributed by atoms with Crippen LogP contribution in [0.1, 0.15) is 39.8 Å². The van der Waals surface area contributed by atoms with Crippen LogP contribution in [0, 0.1) is 20.8 Å². The number of aryl methyl sites for hydroxylation is 3. The number of H-pyrrole nitrogens is 1. The number of nitrogen functional groups attached to an aromatic ring is 1. The number of nitrogens with two attached hydrogens (primary N) is 1. The molecular formula is C26H28N8O. The Bertz CT molecular complexity index is 1600. The topological polar surface area (TPSA) is 119 Å². The van der Waals surface area contributed by atoms with E-state index in [0.29, 0.717) is 29.4 Å².